The number of halogens is 2. The van der Waals surface area contributed by atoms with Crippen molar-refractivity contribution >= 4 is 23.2 Å². The van der Waals surface area contributed by atoms with Gasteiger partial charge >= 0.3 is 0 Å². The third-order valence-electron chi connectivity index (χ3n) is 4.29. The second-order valence-electron chi connectivity index (χ2n) is 5.94. The number of benzene rings is 1. The van der Waals surface area contributed by atoms with E-state index >= 15 is 0 Å². The predicted octanol–water partition coefficient (Wildman–Crippen LogP) is 5.48. The molecule has 20 heavy (non-hydrogen) atoms. The summed E-state index contributed by atoms with van der Waals surface area (Å²) in [6.07, 6.45) is 8.94. The van der Waals surface area contributed by atoms with E-state index in [2.05, 4.69) is 12.2 Å². The molecular formula is C17H25Cl2N. The van der Waals surface area contributed by atoms with Crippen LogP contribution in [0, 0.1) is 5.92 Å². The van der Waals surface area contributed by atoms with Crippen molar-refractivity contribution in [2.45, 2.75) is 57.9 Å². The summed E-state index contributed by atoms with van der Waals surface area (Å²) in [6.45, 7) is 3.28. The Morgan fingerprint density at radius 2 is 1.85 bits per heavy atom. The van der Waals surface area contributed by atoms with E-state index in [1.165, 1.54) is 32.1 Å². The molecule has 1 atom stereocenters. The summed E-state index contributed by atoms with van der Waals surface area (Å²) in [6, 6.07) is 6.29. The largest absolute Gasteiger partial charge is 0.314 e. The van der Waals surface area contributed by atoms with Gasteiger partial charge in [-0.05, 0) is 49.4 Å². The second-order valence-corrected chi connectivity index (χ2v) is 6.76. The highest BCUT2D eigenvalue weighted by Crippen LogP contribution is 2.31. The molecule has 0 radical (unpaired) electrons. The lowest BCUT2D eigenvalue weighted by Gasteiger charge is -2.23. The first kappa shape index (κ1) is 16.1. The quantitative estimate of drug-likeness (QED) is 0.702. The molecule has 1 unspecified atom stereocenters. The van der Waals surface area contributed by atoms with Crippen LogP contribution in [0.3, 0.4) is 0 Å². The Bertz CT molecular complexity index is 393. The third-order valence-corrected chi connectivity index (χ3v) is 5.00. The van der Waals surface area contributed by atoms with Crippen molar-refractivity contribution in [3.63, 3.8) is 0 Å². The van der Waals surface area contributed by atoms with Crippen LogP contribution in [0.4, 0.5) is 0 Å². The summed E-state index contributed by atoms with van der Waals surface area (Å²) in [5, 5.41) is 5.28. The van der Waals surface area contributed by atoms with Crippen molar-refractivity contribution in [3.05, 3.63) is 33.8 Å². The Morgan fingerprint density at radius 1 is 1.20 bits per heavy atom. The van der Waals surface area contributed by atoms with Crippen molar-refractivity contribution in [1.82, 2.24) is 5.32 Å². The lowest BCUT2D eigenvalue weighted by molar-refractivity contribution is 0.385. The fourth-order valence-corrected chi connectivity index (χ4v) is 3.76. The van der Waals surface area contributed by atoms with Crippen LogP contribution in [0.5, 0.6) is 0 Å². The molecule has 112 valence electrons. The Labute approximate surface area is 133 Å². The standard InChI is InChI=1S/C17H25Cl2N/c1-2-10-20-14(11-13-6-3-4-7-13)12-15-16(18)8-5-9-17(15)19/h5,8-9,13-14,20H,2-4,6-7,10-12H2,1H3. The van der Waals surface area contributed by atoms with Crippen LogP contribution in [0.25, 0.3) is 0 Å². The topological polar surface area (TPSA) is 12.0 Å². The van der Waals surface area contributed by atoms with E-state index in [1.54, 1.807) is 0 Å². The minimum atomic E-state index is 0.496. The Hall–Kier alpha value is -0.240. The van der Waals surface area contributed by atoms with Gasteiger partial charge in [-0.25, -0.2) is 0 Å². The van der Waals surface area contributed by atoms with Gasteiger partial charge in [-0.3, -0.25) is 0 Å². The maximum Gasteiger partial charge on any atom is 0.0453 e. The molecule has 0 heterocycles. The summed E-state index contributed by atoms with van der Waals surface area (Å²) < 4.78 is 0. The molecular weight excluding hydrogens is 289 g/mol. The number of hydrogen-bond donors (Lipinski definition) is 1. The monoisotopic (exact) mass is 313 g/mol. The normalized spacial score (nSPS) is 17.6. The van der Waals surface area contributed by atoms with Gasteiger partial charge in [0, 0.05) is 16.1 Å². The fourth-order valence-electron chi connectivity index (χ4n) is 3.21. The second kappa shape index (κ2) is 8.26. The molecule has 0 spiro atoms. The minimum absolute atomic E-state index is 0.496. The van der Waals surface area contributed by atoms with Gasteiger partial charge in [0.2, 0.25) is 0 Å². The zero-order valence-electron chi connectivity index (χ0n) is 12.3. The van der Waals surface area contributed by atoms with Gasteiger partial charge in [-0.1, -0.05) is 61.9 Å². The Morgan fingerprint density at radius 3 is 2.45 bits per heavy atom. The van der Waals surface area contributed by atoms with Crippen LogP contribution in [-0.2, 0) is 6.42 Å². The van der Waals surface area contributed by atoms with Crippen LogP contribution < -0.4 is 5.32 Å². The van der Waals surface area contributed by atoms with Gasteiger partial charge in [0.25, 0.3) is 0 Å². The van der Waals surface area contributed by atoms with E-state index in [0.717, 1.165) is 40.9 Å². The van der Waals surface area contributed by atoms with Crippen molar-refractivity contribution in [1.29, 1.82) is 0 Å². The molecule has 1 aliphatic rings. The maximum atomic E-state index is 6.31. The summed E-state index contributed by atoms with van der Waals surface area (Å²) >= 11 is 12.6. The molecule has 0 amide bonds. The molecule has 1 saturated carbocycles. The Balaban J connectivity index is 2.01. The first-order chi connectivity index (χ1) is 9.70. The van der Waals surface area contributed by atoms with Crippen LogP contribution in [0.2, 0.25) is 10.0 Å². The van der Waals surface area contributed by atoms with Gasteiger partial charge in [-0.15, -0.1) is 0 Å². The molecule has 1 aromatic rings. The van der Waals surface area contributed by atoms with Crippen molar-refractivity contribution in [3.8, 4) is 0 Å². The fraction of sp³-hybridized carbons (Fsp3) is 0.647. The highest BCUT2D eigenvalue weighted by molar-refractivity contribution is 6.36. The maximum absolute atomic E-state index is 6.31. The van der Waals surface area contributed by atoms with Gasteiger partial charge in [-0.2, -0.15) is 0 Å². The van der Waals surface area contributed by atoms with E-state index in [1.807, 2.05) is 18.2 Å². The predicted molar refractivity (Wildman–Crippen MR) is 88.8 cm³/mol. The number of nitrogens with one attached hydrogen (secondary N) is 1. The van der Waals surface area contributed by atoms with Crippen LogP contribution in [-0.4, -0.2) is 12.6 Å². The van der Waals surface area contributed by atoms with E-state index in [-0.39, 0.29) is 0 Å². The zero-order chi connectivity index (χ0) is 14.4. The molecule has 1 aromatic carbocycles. The zero-order valence-corrected chi connectivity index (χ0v) is 13.8. The molecule has 0 aromatic heterocycles. The molecule has 0 saturated heterocycles. The molecule has 1 fully saturated rings. The third kappa shape index (κ3) is 4.65. The average molecular weight is 314 g/mol. The molecule has 3 heteroatoms. The van der Waals surface area contributed by atoms with Crippen molar-refractivity contribution in [2.24, 2.45) is 5.92 Å². The summed E-state index contributed by atoms with van der Waals surface area (Å²) in [5.74, 6) is 0.880. The average Bonchev–Trinajstić information content (AvgIpc) is 2.93. The van der Waals surface area contributed by atoms with E-state index < -0.39 is 0 Å². The first-order valence-electron chi connectivity index (χ1n) is 7.87. The minimum Gasteiger partial charge on any atom is -0.314 e. The first-order valence-corrected chi connectivity index (χ1v) is 8.62. The number of rotatable bonds is 7. The van der Waals surface area contributed by atoms with Crippen LogP contribution >= 0.6 is 23.2 Å². The lowest BCUT2D eigenvalue weighted by Crippen LogP contribution is -2.33. The highest BCUT2D eigenvalue weighted by Gasteiger charge is 2.21. The highest BCUT2D eigenvalue weighted by atomic mass is 35.5. The molecule has 0 aliphatic heterocycles. The smallest absolute Gasteiger partial charge is 0.0453 e. The van der Waals surface area contributed by atoms with Gasteiger partial charge in [0.15, 0.2) is 0 Å². The molecule has 0 bridgehead atoms. The molecule has 2 rings (SSSR count). The van der Waals surface area contributed by atoms with Crippen molar-refractivity contribution in [2.75, 3.05) is 6.54 Å². The lowest BCUT2D eigenvalue weighted by atomic mass is 9.93. The summed E-state index contributed by atoms with van der Waals surface area (Å²) in [7, 11) is 0. The SMILES string of the molecule is CCCNC(Cc1c(Cl)cccc1Cl)CC1CCCC1. The van der Waals surface area contributed by atoms with Crippen LogP contribution in [0.15, 0.2) is 18.2 Å². The van der Waals surface area contributed by atoms with Gasteiger partial charge in [0.1, 0.15) is 0 Å². The van der Waals surface area contributed by atoms with Crippen molar-refractivity contribution < 1.29 is 0 Å². The number of hydrogen-bond acceptors (Lipinski definition) is 1. The summed E-state index contributed by atoms with van der Waals surface area (Å²) in [4.78, 5) is 0. The molecule has 1 nitrogen and oxygen atoms in total. The van der Waals surface area contributed by atoms with E-state index in [9.17, 15) is 0 Å². The molecule has 1 aliphatic carbocycles. The van der Waals surface area contributed by atoms with E-state index in [4.69, 9.17) is 23.2 Å². The van der Waals surface area contributed by atoms with Gasteiger partial charge < -0.3 is 5.32 Å². The Kier molecular flexibility index (Phi) is 6.67. The summed E-state index contributed by atoms with van der Waals surface area (Å²) in [5.41, 5.74) is 1.10. The van der Waals surface area contributed by atoms with Gasteiger partial charge in [0.05, 0.1) is 0 Å². The van der Waals surface area contributed by atoms with Crippen LogP contribution in [0.1, 0.15) is 51.0 Å². The molecule has 1 N–H and O–H groups in total. The van der Waals surface area contributed by atoms with E-state index in [0.29, 0.717) is 6.04 Å².